The lowest BCUT2D eigenvalue weighted by atomic mass is 9.94. The van der Waals surface area contributed by atoms with Crippen molar-refractivity contribution in [3.05, 3.63) is 102 Å². The smallest absolute Gasteiger partial charge is 0.408 e. The fraction of sp³-hybridized carbons (Fsp3) is 0.429. The zero-order valence-electron chi connectivity index (χ0n) is 33.2. The van der Waals surface area contributed by atoms with Crippen LogP contribution in [0, 0.1) is 11.8 Å². The molecule has 14 heteroatoms. The highest BCUT2D eigenvalue weighted by Gasteiger charge is 2.48. The number of benzene rings is 3. The molecule has 302 valence electrons. The zero-order valence-corrected chi connectivity index (χ0v) is 33.2. The van der Waals surface area contributed by atoms with E-state index < -0.39 is 71.5 Å². The molecule has 0 aliphatic carbocycles. The predicted molar refractivity (Wildman–Crippen MR) is 209 cm³/mol. The lowest BCUT2D eigenvalue weighted by Gasteiger charge is -2.40. The van der Waals surface area contributed by atoms with Gasteiger partial charge in [-0.3, -0.25) is 29.8 Å². The average molecular weight is 774 g/mol. The maximum Gasteiger partial charge on any atom is 0.408 e. The second-order valence-corrected chi connectivity index (χ2v) is 15.3. The molecule has 14 nitrogen and oxygen atoms in total. The number of carbonyl (C=O) groups excluding carboxylic acids is 6. The molecule has 0 spiro atoms. The number of phenols is 1. The van der Waals surface area contributed by atoms with Gasteiger partial charge in [-0.15, -0.1) is 0 Å². The Kier molecular flexibility index (Phi) is 16.1. The Bertz CT molecular complexity index is 1790. The zero-order chi connectivity index (χ0) is 41.6. The molecule has 0 radical (unpaired) electrons. The molecule has 6 N–H and O–H groups in total. The van der Waals surface area contributed by atoms with Crippen molar-refractivity contribution in [2.24, 2.45) is 17.6 Å². The molecular weight excluding hydrogens is 718 g/mol. The van der Waals surface area contributed by atoms with E-state index in [0.29, 0.717) is 16.0 Å². The molecule has 0 saturated heterocycles. The van der Waals surface area contributed by atoms with Gasteiger partial charge in [-0.2, -0.15) is 0 Å². The van der Waals surface area contributed by atoms with E-state index in [1.54, 1.807) is 87.5 Å². The number of amides is 5. The van der Waals surface area contributed by atoms with Crippen LogP contribution in [-0.2, 0) is 52.9 Å². The predicted octanol–water partition coefficient (Wildman–Crippen LogP) is 4.13. The van der Waals surface area contributed by atoms with Crippen molar-refractivity contribution in [3.63, 3.8) is 0 Å². The number of hydrogen-bond acceptors (Lipinski definition) is 10. The average Bonchev–Trinajstić information content (AvgIpc) is 3.13. The molecule has 0 heterocycles. The van der Waals surface area contributed by atoms with Gasteiger partial charge in [0.15, 0.2) is 5.66 Å². The normalized spacial score (nSPS) is 13.5. The number of rotatable bonds is 17. The van der Waals surface area contributed by atoms with Crippen LogP contribution in [0.4, 0.5) is 4.79 Å². The van der Waals surface area contributed by atoms with Crippen LogP contribution >= 0.6 is 0 Å². The largest absolute Gasteiger partial charge is 0.508 e. The Labute approximate surface area is 328 Å². The van der Waals surface area contributed by atoms with Gasteiger partial charge in [0.05, 0.1) is 6.54 Å². The number of imide groups is 1. The van der Waals surface area contributed by atoms with Crippen molar-refractivity contribution >= 4 is 35.7 Å². The molecule has 56 heavy (non-hydrogen) atoms. The summed E-state index contributed by atoms with van der Waals surface area (Å²) in [5.41, 5.74) is 5.46. The van der Waals surface area contributed by atoms with Gasteiger partial charge in [-0.05, 0) is 61.9 Å². The topological polar surface area (TPSA) is 206 Å². The number of phenolic OH excluding ortho intramolecular Hbond substituents is 1. The fourth-order valence-corrected chi connectivity index (χ4v) is 5.66. The van der Waals surface area contributed by atoms with Gasteiger partial charge in [0.2, 0.25) is 11.8 Å². The van der Waals surface area contributed by atoms with Gasteiger partial charge < -0.3 is 30.5 Å². The molecular formula is C42H55N5O9. The summed E-state index contributed by atoms with van der Waals surface area (Å²) in [6, 6.07) is 21.1. The van der Waals surface area contributed by atoms with Gasteiger partial charge >= 0.3 is 12.1 Å². The van der Waals surface area contributed by atoms with Crippen LogP contribution in [0.5, 0.6) is 5.75 Å². The van der Waals surface area contributed by atoms with Crippen LogP contribution in [0.1, 0.15) is 71.6 Å². The lowest BCUT2D eigenvalue weighted by molar-refractivity contribution is -0.161. The van der Waals surface area contributed by atoms with Crippen LogP contribution in [0.2, 0.25) is 0 Å². The maximum absolute atomic E-state index is 14.5. The number of alkyl carbamates (subject to hydrolysis) is 1. The fourth-order valence-electron chi connectivity index (χ4n) is 5.66. The van der Waals surface area contributed by atoms with Crippen molar-refractivity contribution < 1.29 is 43.3 Å². The third-order valence-electron chi connectivity index (χ3n) is 8.39. The third kappa shape index (κ3) is 13.8. The highest BCUT2D eigenvalue weighted by molar-refractivity contribution is 6.05. The molecule has 0 aliphatic rings. The van der Waals surface area contributed by atoms with Crippen molar-refractivity contribution in [1.82, 2.24) is 20.9 Å². The molecule has 0 saturated carbocycles. The van der Waals surface area contributed by atoms with Crippen LogP contribution in [-0.4, -0.2) is 75.6 Å². The summed E-state index contributed by atoms with van der Waals surface area (Å²) in [7, 11) is 0. The van der Waals surface area contributed by atoms with Gasteiger partial charge in [0.1, 0.15) is 30.0 Å². The van der Waals surface area contributed by atoms with E-state index in [2.05, 4.69) is 16.0 Å². The minimum atomic E-state index is -2.39. The van der Waals surface area contributed by atoms with Crippen molar-refractivity contribution in [2.75, 3.05) is 6.54 Å². The van der Waals surface area contributed by atoms with E-state index in [0.717, 1.165) is 5.56 Å². The first-order valence-electron chi connectivity index (χ1n) is 18.6. The molecule has 0 aliphatic heterocycles. The molecule has 3 rings (SSSR count). The number of hydrogen-bond donors (Lipinski definition) is 5. The maximum atomic E-state index is 14.5. The third-order valence-corrected chi connectivity index (χ3v) is 8.39. The molecule has 3 aromatic rings. The van der Waals surface area contributed by atoms with Crippen LogP contribution < -0.4 is 21.7 Å². The highest BCUT2D eigenvalue weighted by atomic mass is 16.6. The Balaban J connectivity index is 1.96. The second-order valence-electron chi connectivity index (χ2n) is 15.3. The number of nitrogens with one attached hydrogen (secondary N) is 3. The summed E-state index contributed by atoms with van der Waals surface area (Å²) in [6.45, 7) is 10.9. The summed E-state index contributed by atoms with van der Waals surface area (Å²) < 4.78 is 10.9. The Hall–Kier alpha value is -5.76. The number of nitrogens with two attached hydrogens (primary N) is 1. The summed E-state index contributed by atoms with van der Waals surface area (Å²) in [5.74, 6) is -5.26. The highest BCUT2D eigenvalue weighted by Crippen LogP contribution is 2.22. The van der Waals surface area contributed by atoms with Crippen LogP contribution in [0.3, 0.4) is 0 Å². The first-order valence-corrected chi connectivity index (χ1v) is 18.6. The number of ether oxygens (including phenoxy) is 2. The first kappa shape index (κ1) is 44.6. The minimum Gasteiger partial charge on any atom is -0.508 e. The molecule has 0 bridgehead atoms. The summed E-state index contributed by atoms with van der Waals surface area (Å²) in [5, 5.41) is 17.4. The van der Waals surface area contributed by atoms with E-state index in [-0.39, 0.29) is 37.5 Å². The quantitative estimate of drug-likeness (QED) is 0.0980. The monoisotopic (exact) mass is 773 g/mol. The molecule has 5 amide bonds. The van der Waals surface area contributed by atoms with E-state index in [9.17, 15) is 33.9 Å². The number of carbonyl (C=O) groups is 6. The molecule has 0 unspecified atom stereocenters. The Morgan fingerprint density at radius 1 is 0.768 bits per heavy atom. The number of nitrogens with zero attached hydrogens (tertiary/aromatic N) is 1. The van der Waals surface area contributed by atoms with Gasteiger partial charge in [0, 0.05) is 18.8 Å². The Morgan fingerprint density at radius 3 is 1.88 bits per heavy atom. The van der Waals surface area contributed by atoms with E-state index in [1.807, 2.05) is 19.9 Å². The molecule has 0 fully saturated rings. The summed E-state index contributed by atoms with van der Waals surface area (Å²) >= 11 is 0. The van der Waals surface area contributed by atoms with Crippen LogP contribution in [0.25, 0.3) is 0 Å². The number of aromatic hydroxyl groups is 1. The van der Waals surface area contributed by atoms with Crippen molar-refractivity contribution in [3.8, 4) is 5.75 Å². The second kappa shape index (κ2) is 20.2. The first-order chi connectivity index (χ1) is 26.3. The minimum absolute atomic E-state index is 0.000212. The van der Waals surface area contributed by atoms with E-state index in [1.165, 1.54) is 26.0 Å². The van der Waals surface area contributed by atoms with Gasteiger partial charge in [-0.25, -0.2) is 9.59 Å². The molecule has 0 aromatic heterocycles. The number of esters is 1. The molecule has 3 aromatic carbocycles. The Morgan fingerprint density at radius 2 is 1.34 bits per heavy atom. The standard InChI is InChI=1S/C42H55N5O9/c1-27(2)22-34(38(52)55-26-31-16-12-9-13-17-31)45-39(53)42(43,24-30-14-10-8-11-15-30)47(37(51)28(3)4)35(49)25-44-36(50)33(46-40(54)56-41(5,6)7)23-29-18-20-32(48)21-19-29/h8-21,27-28,33-34,48H,22-26,43H2,1-7H3,(H,44,50)(H,45,53)(H,46,54)/t33-,34-,42-/m0/s1. The SMILES string of the molecule is CC(C)C[C@H](NC(=O)[C@](N)(Cc1ccccc1)N(C(=O)CNC(=O)[C@H](Cc1ccc(O)cc1)NC(=O)OC(C)(C)C)C(=O)C(C)C)C(=O)OCc1ccccc1. The molecule has 3 atom stereocenters. The summed E-state index contributed by atoms with van der Waals surface area (Å²) in [6.07, 6.45) is -1.12. The van der Waals surface area contributed by atoms with E-state index >= 15 is 0 Å². The summed E-state index contributed by atoms with van der Waals surface area (Å²) in [4.78, 5) is 83.1. The van der Waals surface area contributed by atoms with Crippen LogP contribution in [0.15, 0.2) is 84.9 Å². The van der Waals surface area contributed by atoms with Gasteiger partial charge in [0.25, 0.3) is 11.8 Å². The van der Waals surface area contributed by atoms with Crippen molar-refractivity contribution in [2.45, 2.75) is 97.7 Å². The van der Waals surface area contributed by atoms with E-state index in [4.69, 9.17) is 15.2 Å². The lowest BCUT2D eigenvalue weighted by Crippen LogP contribution is -2.72. The van der Waals surface area contributed by atoms with Gasteiger partial charge in [-0.1, -0.05) is 100 Å². The van der Waals surface area contributed by atoms with Crippen molar-refractivity contribution in [1.29, 1.82) is 0 Å².